The first kappa shape index (κ1) is 18.4. The number of benzene rings is 2. The molecule has 0 atom stereocenters. The number of carbonyl (C=O) groups excluding carboxylic acids is 1. The molecule has 3 rings (SSSR count). The minimum atomic E-state index is 0.263. The summed E-state index contributed by atoms with van der Waals surface area (Å²) in [5, 5.41) is 7.09. The second-order valence-electron chi connectivity index (χ2n) is 6.92. The first-order chi connectivity index (χ1) is 12.5. The summed E-state index contributed by atoms with van der Waals surface area (Å²) in [6.07, 6.45) is 1.67. The molecule has 1 amide bonds. The monoisotopic (exact) mass is 367 g/mol. The highest BCUT2D eigenvalue weighted by atomic mass is 32.1. The summed E-state index contributed by atoms with van der Waals surface area (Å²) in [5.74, 6) is 0.263. The highest BCUT2D eigenvalue weighted by Gasteiger charge is 2.19. The minimum Gasteiger partial charge on any atom is -0.358 e. The first-order valence-electron chi connectivity index (χ1n) is 8.98. The van der Waals surface area contributed by atoms with Crippen molar-refractivity contribution in [1.82, 2.24) is 10.2 Å². The van der Waals surface area contributed by atoms with Gasteiger partial charge in [-0.25, -0.2) is 0 Å². The number of hydrogen-bond donors (Lipinski definition) is 2. The molecule has 2 N–H and O–H groups in total. The van der Waals surface area contributed by atoms with Crippen LogP contribution in [-0.2, 0) is 17.9 Å². The second-order valence-corrected chi connectivity index (χ2v) is 7.33. The van der Waals surface area contributed by atoms with Crippen LogP contribution in [0.5, 0.6) is 0 Å². The first-order valence-corrected chi connectivity index (χ1v) is 9.39. The number of aryl methyl sites for hydroxylation is 2. The molecule has 2 aromatic carbocycles. The zero-order valence-corrected chi connectivity index (χ0v) is 16.2. The van der Waals surface area contributed by atoms with Crippen molar-refractivity contribution in [3.63, 3.8) is 0 Å². The minimum absolute atomic E-state index is 0.263. The Balaban J connectivity index is 1.49. The molecule has 0 radical (unpaired) electrons. The maximum Gasteiger partial charge on any atom is 0.222 e. The van der Waals surface area contributed by atoms with Crippen LogP contribution in [0.15, 0.2) is 42.5 Å². The fraction of sp³-hybridized carbons (Fsp3) is 0.333. The average molecular weight is 368 g/mol. The molecule has 1 fully saturated rings. The largest absolute Gasteiger partial charge is 0.358 e. The summed E-state index contributed by atoms with van der Waals surface area (Å²) in [5.41, 5.74) is 5.75. The molecule has 0 aromatic heterocycles. The number of thiocarbonyl (C=S) groups is 1. The van der Waals surface area contributed by atoms with Gasteiger partial charge >= 0.3 is 0 Å². The molecule has 5 heteroatoms. The fourth-order valence-corrected chi connectivity index (χ4v) is 3.45. The number of nitrogens with one attached hydrogen (secondary N) is 2. The molecule has 0 saturated carbocycles. The van der Waals surface area contributed by atoms with Crippen molar-refractivity contribution in [2.75, 3.05) is 11.9 Å². The SMILES string of the molecule is Cc1cc(C)cc(NC(=S)NCc2ccc(CN3CCCC3=O)cc2)c1. The molecule has 1 aliphatic rings. The summed E-state index contributed by atoms with van der Waals surface area (Å²) >= 11 is 5.39. The van der Waals surface area contributed by atoms with Gasteiger partial charge in [0.15, 0.2) is 5.11 Å². The van der Waals surface area contributed by atoms with Crippen molar-refractivity contribution in [2.24, 2.45) is 0 Å². The van der Waals surface area contributed by atoms with E-state index in [1.807, 2.05) is 4.90 Å². The quantitative estimate of drug-likeness (QED) is 0.787. The van der Waals surface area contributed by atoms with Crippen LogP contribution in [0.25, 0.3) is 0 Å². The molecular weight excluding hydrogens is 342 g/mol. The molecule has 0 spiro atoms. The van der Waals surface area contributed by atoms with E-state index < -0.39 is 0 Å². The molecule has 1 aliphatic heterocycles. The van der Waals surface area contributed by atoms with Crippen LogP contribution in [0.1, 0.15) is 35.1 Å². The predicted octanol–water partition coefficient (Wildman–Crippen LogP) is 3.91. The van der Waals surface area contributed by atoms with E-state index >= 15 is 0 Å². The van der Waals surface area contributed by atoms with Crippen LogP contribution in [0.4, 0.5) is 5.69 Å². The second kappa shape index (κ2) is 8.32. The van der Waals surface area contributed by atoms with Gasteiger partial charge in [0.05, 0.1) is 0 Å². The Morgan fingerprint density at radius 3 is 2.35 bits per heavy atom. The van der Waals surface area contributed by atoms with Gasteiger partial charge in [0.25, 0.3) is 0 Å². The maximum absolute atomic E-state index is 11.7. The number of likely N-dealkylation sites (tertiary alicyclic amines) is 1. The number of nitrogens with zero attached hydrogens (tertiary/aromatic N) is 1. The van der Waals surface area contributed by atoms with E-state index in [1.54, 1.807) is 0 Å². The Labute approximate surface area is 160 Å². The van der Waals surface area contributed by atoms with Crippen LogP contribution in [0.2, 0.25) is 0 Å². The van der Waals surface area contributed by atoms with E-state index in [1.165, 1.54) is 16.7 Å². The molecule has 0 bridgehead atoms. The van der Waals surface area contributed by atoms with Crippen molar-refractivity contribution in [3.05, 3.63) is 64.7 Å². The van der Waals surface area contributed by atoms with Crippen molar-refractivity contribution in [1.29, 1.82) is 0 Å². The van der Waals surface area contributed by atoms with Crippen LogP contribution in [0, 0.1) is 13.8 Å². The third-order valence-corrected chi connectivity index (χ3v) is 4.75. The number of hydrogen-bond acceptors (Lipinski definition) is 2. The lowest BCUT2D eigenvalue weighted by Gasteiger charge is -2.16. The Morgan fingerprint density at radius 1 is 1.08 bits per heavy atom. The number of amides is 1. The zero-order valence-electron chi connectivity index (χ0n) is 15.3. The standard InChI is InChI=1S/C21H25N3OS/c1-15-10-16(2)12-19(11-15)23-21(26)22-13-17-5-7-18(8-6-17)14-24-9-3-4-20(24)25/h5-8,10-12H,3-4,9,13-14H2,1-2H3,(H2,22,23,26). The van der Waals surface area contributed by atoms with E-state index in [2.05, 4.69) is 66.9 Å². The van der Waals surface area contributed by atoms with Crippen molar-refractivity contribution < 1.29 is 4.79 Å². The van der Waals surface area contributed by atoms with E-state index in [0.29, 0.717) is 24.6 Å². The van der Waals surface area contributed by atoms with Gasteiger partial charge in [0, 0.05) is 31.7 Å². The van der Waals surface area contributed by atoms with Crippen molar-refractivity contribution in [3.8, 4) is 0 Å². The molecule has 136 valence electrons. The van der Waals surface area contributed by atoms with Gasteiger partial charge in [0.2, 0.25) is 5.91 Å². The van der Waals surface area contributed by atoms with E-state index in [-0.39, 0.29) is 5.91 Å². The lowest BCUT2D eigenvalue weighted by Crippen LogP contribution is -2.28. The number of anilines is 1. The molecule has 1 saturated heterocycles. The van der Waals surface area contributed by atoms with Crippen LogP contribution in [0.3, 0.4) is 0 Å². The van der Waals surface area contributed by atoms with Gasteiger partial charge in [-0.2, -0.15) is 0 Å². The Morgan fingerprint density at radius 2 is 1.73 bits per heavy atom. The van der Waals surface area contributed by atoms with E-state index in [9.17, 15) is 4.79 Å². The van der Waals surface area contributed by atoms with Gasteiger partial charge in [0.1, 0.15) is 0 Å². The summed E-state index contributed by atoms with van der Waals surface area (Å²) in [6, 6.07) is 14.6. The Kier molecular flexibility index (Phi) is 5.89. The average Bonchev–Trinajstić information content (AvgIpc) is 2.98. The van der Waals surface area contributed by atoms with Crippen LogP contribution >= 0.6 is 12.2 Å². The lowest BCUT2D eigenvalue weighted by molar-refractivity contribution is -0.128. The molecule has 0 unspecified atom stereocenters. The summed E-state index contributed by atoms with van der Waals surface area (Å²) < 4.78 is 0. The van der Waals surface area contributed by atoms with Gasteiger partial charge in [-0.3, -0.25) is 4.79 Å². The molecular formula is C21H25N3OS. The van der Waals surface area contributed by atoms with E-state index in [0.717, 1.165) is 24.2 Å². The Hall–Kier alpha value is -2.40. The van der Waals surface area contributed by atoms with Crippen LogP contribution in [-0.4, -0.2) is 22.5 Å². The highest BCUT2D eigenvalue weighted by molar-refractivity contribution is 7.80. The predicted molar refractivity (Wildman–Crippen MR) is 110 cm³/mol. The summed E-state index contributed by atoms with van der Waals surface area (Å²) in [6.45, 7) is 6.40. The number of rotatable bonds is 5. The lowest BCUT2D eigenvalue weighted by atomic mass is 10.1. The normalized spacial score (nSPS) is 13.8. The topological polar surface area (TPSA) is 44.4 Å². The van der Waals surface area contributed by atoms with Gasteiger partial charge in [-0.05, 0) is 66.9 Å². The van der Waals surface area contributed by atoms with Crippen molar-refractivity contribution in [2.45, 2.75) is 39.8 Å². The molecule has 2 aromatic rings. The third kappa shape index (κ3) is 5.05. The van der Waals surface area contributed by atoms with Gasteiger partial charge < -0.3 is 15.5 Å². The highest BCUT2D eigenvalue weighted by Crippen LogP contribution is 2.15. The zero-order chi connectivity index (χ0) is 18.5. The van der Waals surface area contributed by atoms with Crippen molar-refractivity contribution >= 4 is 28.9 Å². The van der Waals surface area contributed by atoms with Gasteiger partial charge in [-0.15, -0.1) is 0 Å². The Bertz CT molecular complexity index is 781. The molecule has 1 heterocycles. The van der Waals surface area contributed by atoms with Crippen LogP contribution < -0.4 is 10.6 Å². The molecule has 26 heavy (non-hydrogen) atoms. The number of carbonyl (C=O) groups is 1. The maximum atomic E-state index is 11.7. The molecule has 4 nitrogen and oxygen atoms in total. The van der Waals surface area contributed by atoms with E-state index in [4.69, 9.17) is 12.2 Å². The van der Waals surface area contributed by atoms with Gasteiger partial charge in [-0.1, -0.05) is 30.3 Å². The third-order valence-electron chi connectivity index (χ3n) is 4.50. The fourth-order valence-electron chi connectivity index (χ4n) is 3.26. The summed E-state index contributed by atoms with van der Waals surface area (Å²) in [4.78, 5) is 13.6. The smallest absolute Gasteiger partial charge is 0.222 e. The molecule has 0 aliphatic carbocycles. The summed E-state index contributed by atoms with van der Waals surface area (Å²) in [7, 11) is 0.